The highest BCUT2D eigenvalue weighted by Crippen LogP contribution is 2.36. The summed E-state index contributed by atoms with van der Waals surface area (Å²) in [6.45, 7) is 0. The molecule has 0 aliphatic carbocycles. The molecular formula is C24H18FN7S. The number of nitrogens with zero attached hydrogens (tertiary/aromatic N) is 5. The van der Waals surface area contributed by atoms with Crippen molar-refractivity contribution in [3.8, 4) is 33.1 Å². The highest BCUT2D eigenvalue weighted by Gasteiger charge is 2.21. The van der Waals surface area contributed by atoms with Crippen LogP contribution >= 0.6 is 11.3 Å². The topological polar surface area (TPSA) is 86.4 Å². The van der Waals surface area contributed by atoms with Crippen molar-refractivity contribution in [1.29, 1.82) is 0 Å². The van der Waals surface area contributed by atoms with Gasteiger partial charge in [-0.05, 0) is 35.7 Å². The van der Waals surface area contributed by atoms with Gasteiger partial charge in [0.2, 0.25) is 0 Å². The molecule has 6 rings (SSSR count). The lowest BCUT2D eigenvalue weighted by Crippen LogP contribution is -2.08. The average Bonchev–Trinajstić information content (AvgIpc) is 3.58. The number of hydrogen-bond acceptors (Lipinski definition) is 6. The fourth-order valence-corrected chi connectivity index (χ4v) is 4.70. The third-order valence-corrected chi connectivity index (χ3v) is 6.52. The highest BCUT2D eigenvalue weighted by atomic mass is 32.1. The second kappa shape index (κ2) is 7.49. The van der Waals surface area contributed by atoms with Gasteiger partial charge >= 0.3 is 0 Å². The number of fused-ring (bicyclic) bond motifs is 2. The molecule has 0 aliphatic heterocycles. The number of pyridine rings is 2. The number of imidazole rings is 1. The van der Waals surface area contributed by atoms with Crippen molar-refractivity contribution < 1.29 is 4.39 Å². The van der Waals surface area contributed by atoms with Crippen LogP contribution in [0.25, 0.3) is 55.2 Å². The average molecular weight is 456 g/mol. The molecule has 0 radical (unpaired) electrons. The molecule has 0 atom stereocenters. The van der Waals surface area contributed by atoms with E-state index in [1.807, 2.05) is 54.7 Å². The first-order chi connectivity index (χ1) is 16.1. The first kappa shape index (κ1) is 19.6. The van der Waals surface area contributed by atoms with Crippen molar-refractivity contribution in [2.45, 2.75) is 0 Å². The summed E-state index contributed by atoms with van der Waals surface area (Å²) in [6, 6.07) is 11.5. The number of halogens is 1. The van der Waals surface area contributed by atoms with Gasteiger partial charge in [0.25, 0.3) is 0 Å². The molecule has 5 aromatic heterocycles. The van der Waals surface area contributed by atoms with Gasteiger partial charge in [0.15, 0.2) is 11.5 Å². The number of aromatic nitrogens is 6. The van der Waals surface area contributed by atoms with Gasteiger partial charge in [0, 0.05) is 48.1 Å². The van der Waals surface area contributed by atoms with E-state index in [0.29, 0.717) is 39.2 Å². The van der Waals surface area contributed by atoms with Gasteiger partial charge < -0.3 is 9.88 Å². The van der Waals surface area contributed by atoms with E-state index in [1.165, 1.54) is 0 Å². The molecule has 0 unspecified atom stereocenters. The number of benzene rings is 1. The summed E-state index contributed by atoms with van der Waals surface area (Å²) in [5.41, 5.74) is 5.40. The Labute approximate surface area is 192 Å². The number of aromatic amines is 2. The van der Waals surface area contributed by atoms with Gasteiger partial charge in [0.05, 0.1) is 28.3 Å². The van der Waals surface area contributed by atoms with Gasteiger partial charge in [0.1, 0.15) is 11.5 Å². The molecule has 7 nitrogen and oxygen atoms in total. The van der Waals surface area contributed by atoms with Crippen molar-refractivity contribution >= 4 is 39.1 Å². The number of rotatable bonds is 4. The van der Waals surface area contributed by atoms with Crippen LogP contribution in [-0.2, 0) is 0 Å². The molecule has 0 aliphatic rings. The van der Waals surface area contributed by atoms with Crippen LogP contribution in [0, 0.1) is 5.82 Å². The highest BCUT2D eigenvalue weighted by molar-refractivity contribution is 7.13. The second-order valence-corrected chi connectivity index (χ2v) is 8.82. The summed E-state index contributed by atoms with van der Waals surface area (Å²) < 4.78 is 15.9. The Hall–Kier alpha value is -4.11. The summed E-state index contributed by atoms with van der Waals surface area (Å²) in [4.78, 5) is 19.7. The number of nitrogens with one attached hydrogen (secondary N) is 2. The molecule has 162 valence electrons. The molecule has 1 aromatic carbocycles. The molecule has 0 bridgehead atoms. The molecule has 5 heterocycles. The lowest BCUT2D eigenvalue weighted by atomic mass is 10.0. The minimum atomic E-state index is -0.374. The van der Waals surface area contributed by atoms with E-state index in [0.717, 1.165) is 21.6 Å². The van der Waals surface area contributed by atoms with Crippen LogP contribution in [0.5, 0.6) is 0 Å². The van der Waals surface area contributed by atoms with E-state index < -0.39 is 0 Å². The molecular weight excluding hydrogens is 437 g/mol. The molecule has 0 fully saturated rings. The molecule has 0 saturated heterocycles. The van der Waals surface area contributed by atoms with E-state index >= 15 is 4.39 Å². The number of hydrogen-bond donors (Lipinski definition) is 2. The Kier molecular flexibility index (Phi) is 4.44. The maximum atomic E-state index is 15.9. The SMILES string of the molecule is CN(C)c1cncc(-c2ccc3[nH]nc(-c4nc5nccc(-c6cccs6)c5[nH]4)c3c2F)c1. The summed E-state index contributed by atoms with van der Waals surface area (Å²) in [6.07, 6.45) is 5.14. The molecule has 0 amide bonds. The van der Waals surface area contributed by atoms with Gasteiger partial charge in [-0.15, -0.1) is 11.3 Å². The fraction of sp³-hybridized carbons (Fsp3) is 0.0833. The van der Waals surface area contributed by atoms with Crippen molar-refractivity contribution in [2.75, 3.05) is 19.0 Å². The smallest absolute Gasteiger partial charge is 0.178 e. The zero-order valence-corrected chi connectivity index (χ0v) is 18.6. The molecule has 0 spiro atoms. The van der Waals surface area contributed by atoms with Gasteiger partial charge in [-0.3, -0.25) is 10.1 Å². The van der Waals surface area contributed by atoms with Crippen LogP contribution in [0.1, 0.15) is 0 Å². The van der Waals surface area contributed by atoms with E-state index in [9.17, 15) is 0 Å². The molecule has 9 heteroatoms. The lowest BCUT2D eigenvalue weighted by Gasteiger charge is -2.13. The van der Waals surface area contributed by atoms with E-state index in [4.69, 9.17) is 0 Å². The zero-order valence-electron chi connectivity index (χ0n) is 17.8. The third kappa shape index (κ3) is 3.16. The second-order valence-electron chi connectivity index (χ2n) is 7.87. The standard InChI is InChI=1S/C24H18FN7S/c1-32(2)14-10-13(11-26-12-14)15-5-6-17-19(20(15)25)22(31-30-17)24-28-21-16(18-4-3-9-33-18)7-8-27-23(21)29-24/h3-12H,1-2H3,(H,30,31)(H,27,28,29). The largest absolute Gasteiger partial charge is 0.376 e. The molecule has 33 heavy (non-hydrogen) atoms. The quantitative estimate of drug-likeness (QED) is 0.367. The summed E-state index contributed by atoms with van der Waals surface area (Å²) in [5.74, 6) is 0.0878. The Morgan fingerprint density at radius 2 is 1.97 bits per heavy atom. The number of anilines is 1. The van der Waals surface area contributed by atoms with Crippen LogP contribution in [0.4, 0.5) is 10.1 Å². The van der Waals surface area contributed by atoms with Crippen LogP contribution in [0.2, 0.25) is 0 Å². The van der Waals surface area contributed by atoms with Gasteiger partial charge in [-0.25, -0.2) is 14.4 Å². The molecule has 2 N–H and O–H groups in total. The monoisotopic (exact) mass is 455 g/mol. The van der Waals surface area contributed by atoms with E-state index in [-0.39, 0.29) is 5.82 Å². The van der Waals surface area contributed by atoms with Gasteiger partial charge in [-0.1, -0.05) is 6.07 Å². The summed E-state index contributed by atoms with van der Waals surface area (Å²) in [5, 5.41) is 9.72. The minimum Gasteiger partial charge on any atom is -0.376 e. The Morgan fingerprint density at radius 1 is 1.06 bits per heavy atom. The van der Waals surface area contributed by atoms with E-state index in [1.54, 1.807) is 36.0 Å². The van der Waals surface area contributed by atoms with Crippen LogP contribution in [0.3, 0.4) is 0 Å². The number of thiophene rings is 1. The van der Waals surface area contributed by atoms with E-state index in [2.05, 4.69) is 30.1 Å². The maximum absolute atomic E-state index is 15.9. The Morgan fingerprint density at radius 3 is 2.79 bits per heavy atom. The number of H-pyrrole nitrogens is 2. The molecule has 0 saturated carbocycles. The van der Waals surface area contributed by atoms with Crippen LogP contribution in [0.15, 0.2) is 60.4 Å². The van der Waals surface area contributed by atoms with Crippen molar-refractivity contribution in [1.82, 2.24) is 30.1 Å². The Bertz CT molecular complexity index is 1620. The lowest BCUT2D eigenvalue weighted by molar-refractivity contribution is 0.643. The summed E-state index contributed by atoms with van der Waals surface area (Å²) in [7, 11) is 3.85. The third-order valence-electron chi connectivity index (χ3n) is 5.62. The fourth-order valence-electron chi connectivity index (χ4n) is 3.95. The normalized spacial score (nSPS) is 11.5. The van der Waals surface area contributed by atoms with Crippen molar-refractivity contribution in [2.24, 2.45) is 0 Å². The maximum Gasteiger partial charge on any atom is 0.178 e. The predicted octanol–water partition coefficient (Wildman–Crippen LogP) is 5.50. The van der Waals surface area contributed by atoms with Crippen LogP contribution in [-0.4, -0.2) is 44.2 Å². The van der Waals surface area contributed by atoms with Crippen molar-refractivity contribution in [3.05, 3.63) is 66.2 Å². The first-order valence-corrected chi connectivity index (χ1v) is 11.2. The molecule has 6 aromatic rings. The van der Waals surface area contributed by atoms with Crippen LogP contribution < -0.4 is 4.90 Å². The summed E-state index contributed by atoms with van der Waals surface area (Å²) >= 11 is 1.64. The van der Waals surface area contributed by atoms with Gasteiger partial charge in [-0.2, -0.15) is 5.10 Å². The zero-order chi connectivity index (χ0) is 22.5. The Balaban J connectivity index is 1.53. The predicted molar refractivity (Wildman–Crippen MR) is 130 cm³/mol. The first-order valence-electron chi connectivity index (χ1n) is 10.3. The minimum absolute atomic E-state index is 0.374. The van der Waals surface area contributed by atoms with Crippen molar-refractivity contribution in [3.63, 3.8) is 0 Å².